The lowest BCUT2D eigenvalue weighted by molar-refractivity contribution is -0.268. The minimum Gasteiger partial charge on any atom is -0.396 e. The van der Waals surface area contributed by atoms with Gasteiger partial charge in [-0.05, 0) is 39.4 Å². The minimum atomic E-state index is -0.535. The van der Waals surface area contributed by atoms with Gasteiger partial charge in [0.25, 0.3) is 0 Å². The van der Waals surface area contributed by atoms with Crippen LogP contribution in [0.25, 0.3) is 11.1 Å². The van der Waals surface area contributed by atoms with Crippen LogP contribution in [-0.4, -0.2) is 40.5 Å². The Morgan fingerprint density at radius 1 is 0.750 bits per heavy atom. The zero-order valence-corrected chi connectivity index (χ0v) is 25.7. The van der Waals surface area contributed by atoms with Crippen LogP contribution in [0.1, 0.15) is 47.1 Å². The molecule has 0 aliphatic carbocycles. The van der Waals surface area contributed by atoms with Gasteiger partial charge in [-0.1, -0.05) is 104 Å². The van der Waals surface area contributed by atoms with Crippen molar-refractivity contribution in [1.82, 2.24) is 10.6 Å². The fraction of sp³-hybridized carbons (Fsp3) is 0.306. The van der Waals surface area contributed by atoms with Crippen LogP contribution in [-0.2, 0) is 29.2 Å². The Hall–Kier alpha value is -3.66. The molecule has 44 heavy (non-hydrogen) atoms. The normalized spacial score (nSPS) is 19.8. The van der Waals surface area contributed by atoms with Gasteiger partial charge in [0.15, 0.2) is 6.29 Å². The highest BCUT2D eigenvalue weighted by atomic mass is 32.2. The van der Waals surface area contributed by atoms with Gasteiger partial charge in [-0.3, -0.25) is 0 Å². The summed E-state index contributed by atoms with van der Waals surface area (Å²) in [5, 5.41) is 24.6. The molecule has 0 saturated carbocycles. The lowest BCUT2D eigenvalue weighted by Gasteiger charge is -2.41. The number of rotatable bonds is 12. The molecule has 8 heteroatoms. The first kappa shape index (κ1) is 31.8. The monoisotopic (exact) mass is 612 g/mol. The maximum absolute atomic E-state index is 12.3. The first-order valence-electron chi connectivity index (χ1n) is 15.0. The Morgan fingerprint density at radius 3 is 2.14 bits per heavy atom. The molecular weight excluding hydrogens is 572 g/mol. The summed E-state index contributed by atoms with van der Waals surface area (Å²) in [4.78, 5) is 12.3. The maximum Gasteiger partial charge on any atom is 0.315 e. The summed E-state index contributed by atoms with van der Waals surface area (Å²) in [5.74, 6) is 1.53. The molecule has 0 radical (unpaired) electrons. The van der Waals surface area contributed by atoms with E-state index in [0.717, 1.165) is 44.7 Å². The van der Waals surface area contributed by atoms with E-state index < -0.39 is 6.29 Å². The third kappa shape index (κ3) is 8.49. The van der Waals surface area contributed by atoms with Crippen molar-refractivity contribution in [3.05, 3.63) is 131 Å². The lowest BCUT2D eigenvalue weighted by atomic mass is 9.91. The van der Waals surface area contributed by atoms with Gasteiger partial charge in [-0.15, -0.1) is 0 Å². The van der Waals surface area contributed by atoms with Crippen LogP contribution < -0.4 is 10.6 Å². The molecule has 0 bridgehead atoms. The molecule has 4 aromatic rings. The zero-order chi connectivity index (χ0) is 30.7. The number of carbonyl (C=O) groups is 1. The maximum atomic E-state index is 12.3. The zero-order valence-electron chi connectivity index (χ0n) is 24.9. The molecule has 4 unspecified atom stereocenters. The molecule has 1 fully saturated rings. The van der Waals surface area contributed by atoms with E-state index in [1.807, 2.05) is 78.9 Å². The summed E-state index contributed by atoms with van der Waals surface area (Å²) in [7, 11) is 0. The minimum absolute atomic E-state index is 0.00335. The number of aliphatic hydroxyl groups is 2. The molecule has 4 N–H and O–H groups in total. The van der Waals surface area contributed by atoms with Gasteiger partial charge in [0.05, 0.1) is 25.4 Å². The lowest BCUT2D eigenvalue weighted by Crippen LogP contribution is -2.38. The molecular formula is C36H40N2O5S. The topological polar surface area (TPSA) is 100 Å². The highest BCUT2D eigenvalue weighted by Gasteiger charge is 2.38. The summed E-state index contributed by atoms with van der Waals surface area (Å²) >= 11 is 1.68. The average molecular weight is 613 g/mol. The molecule has 1 heterocycles. The fourth-order valence-corrected chi connectivity index (χ4v) is 6.20. The summed E-state index contributed by atoms with van der Waals surface area (Å²) in [6, 6.07) is 33.9. The average Bonchev–Trinajstić information content (AvgIpc) is 3.08. The van der Waals surface area contributed by atoms with Crippen LogP contribution >= 0.6 is 11.8 Å². The van der Waals surface area contributed by atoms with E-state index >= 15 is 0 Å². The summed E-state index contributed by atoms with van der Waals surface area (Å²) in [6.45, 7) is 3.18. The van der Waals surface area contributed by atoms with Crippen molar-refractivity contribution in [1.29, 1.82) is 0 Å². The quantitative estimate of drug-likeness (QED) is 0.139. The second-order valence-corrected chi connectivity index (χ2v) is 12.1. The van der Waals surface area contributed by atoms with E-state index in [-0.39, 0.29) is 37.4 Å². The van der Waals surface area contributed by atoms with Crippen molar-refractivity contribution in [2.24, 2.45) is 5.92 Å². The highest BCUT2D eigenvalue weighted by molar-refractivity contribution is 7.99. The number of aliphatic hydroxyl groups excluding tert-OH is 2. The Bertz CT molecular complexity index is 1470. The molecule has 1 aliphatic heterocycles. The van der Waals surface area contributed by atoms with Gasteiger partial charge in [0, 0.05) is 36.1 Å². The van der Waals surface area contributed by atoms with E-state index in [0.29, 0.717) is 18.8 Å². The van der Waals surface area contributed by atoms with Crippen LogP contribution in [0.4, 0.5) is 4.79 Å². The number of thioether (sulfide) groups is 1. The van der Waals surface area contributed by atoms with E-state index in [4.69, 9.17) is 9.47 Å². The summed E-state index contributed by atoms with van der Waals surface area (Å²) in [5.41, 5.74) is 7.02. The van der Waals surface area contributed by atoms with E-state index in [9.17, 15) is 15.0 Å². The number of nitrogens with one attached hydrogen (secondary N) is 2. The van der Waals surface area contributed by atoms with Gasteiger partial charge < -0.3 is 30.3 Å². The highest BCUT2D eigenvalue weighted by Crippen LogP contribution is 2.42. The van der Waals surface area contributed by atoms with Gasteiger partial charge in [0.2, 0.25) is 0 Å². The Kier molecular flexibility index (Phi) is 11.5. The van der Waals surface area contributed by atoms with Crippen molar-refractivity contribution in [3.63, 3.8) is 0 Å². The van der Waals surface area contributed by atoms with Crippen LogP contribution in [0.2, 0.25) is 0 Å². The number of ether oxygens (including phenoxy) is 2. The van der Waals surface area contributed by atoms with Crippen molar-refractivity contribution >= 4 is 17.8 Å². The van der Waals surface area contributed by atoms with Crippen molar-refractivity contribution < 1.29 is 24.5 Å². The van der Waals surface area contributed by atoms with E-state index in [2.05, 4.69) is 41.8 Å². The first-order valence-corrected chi connectivity index (χ1v) is 16.1. The predicted octanol–water partition coefficient (Wildman–Crippen LogP) is 6.36. The number of hydrogen-bond donors (Lipinski definition) is 4. The van der Waals surface area contributed by atoms with Crippen molar-refractivity contribution in [3.8, 4) is 11.1 Å². The molecule has 0 aromatic heterocycles. The molecule has 2 amide bonds. The molecule has 0 spiro atoms. The Morgan fingerprint density at radius 2 is 1.43 bits per heavy atom. The largest absolute Gasteiger partial charge is 0.396 e. The third-order valence-corrected chi connectivity index (χ3v) is 8.87. The molecule has 5 rings (SSSR count). The first-order chi connectivity index (χ1) is 21.5. The Labute approximate surface area is 263 Å². The van der Waals surface area contributed by atoms with Gasteiger partial charge in [0.1, 0.15) is 0 Å². The van der Waals surface area contributed by atoms with Gasteiger partial charge >= 0.3 is 6.03 Å². The van der Waals surface area contributed by atoms with Crippen LogP contribution in [0, 0.1) is 5.92 Å². The molecule has 4 atom stereocenters. The van der Waals surface area contributed by atoms with Crippen LogP contribution in [0.3, 0.4) is 0 Å². The SMILES string of the molecule is CC1C(CSCCO)OC(c2ccc(-c3cccc(CNC(=O)NCc4ccccc4)c3)cc2)OC1c1ccc(CO)cc1. The van der Waals surface area contributed by atoms with Gasteiger partial charge in [-0.2, -0.15) is 11.8 Å². The summed E-state index contributed by atoms with van der Waals surface area (Å²) < 4.78 is 13.0. The molecule has 1 aliphatic rings. The Balaban J connectivity index is 1.24. The van der Waals surface area contributed by atoms with E-state index in [1.54, 1.807) is 11.8 Å². The van der Waals surface area contributed by atoms with Crippen LogP contribution in [0.15, 0.2) is 103 Å². The molecule has 1 saturated heterocycles. The van der Waals surface area contributed by atoms with Gasteiger partial charge in [-0.25, -0.2) is 4.79 Å². The number of amides is 2. The summed E-state index contributed by atoms with van der Waals surface area (Å²) in [6.07, 6.45) is -0.760. The smallest absolute Gasteiger partial charge is 0.315 e. The molecule has 4 aromatic carbocycles. The molecule has 7 nitrogen and oxygen atoms in total. The number of benzene rings is 4. The van der Waals surface area contributed by atoms with Crippen LogP contribution in [0.5, 0.6) is 0 Å². The molecule has 230 valence electrons. The van der Waals surface area contributed by atoms with Crippen molar-refractivity contribution in [2.75, 3.05) is 18.1 Å². The van der Waals surface area contributed by atoms with Crippen molar-refractivity contribution in [2.45, 2.75) is 45.1 Å². The second kappa shape index (κ2) is 15.9. The number of carbonyl (C=O) groups excluding carboxylic acids is 1. The predicted molar refractivity (Wildman–Crippen MR) is 175 cm³/mol. The van der Waals surface area contributed by atoms with E-state index in [1.165, 1.54) is 0 Å². The number of urea groups is 1. The fourth-order valence-electron chi connectivity index (χ4n) is 5.29. The third-order valence-electron chi connectivity index (χ3n) is 7.83. The number of hydrogen-bond acceptors (Lipinski definition) is 6. The standard InChI is InChI=1S/C36H40N2O5S/c1-25-33(24-44-19-18-39)42-35(43-34(25)30-12-10-27(23-40)11-13-30)31-16-14-29(15-17-31)32-9-5-8-28(20-32)22-38-36(41)37-21-26-6-3-2-4-7-26/h2-17,20,25,33-35,39-40H,18-19,21-24H2,1H3,(H2,37,38,41). The second-order valence-electron chi connectivity index (χ2n) is 11.0.